The molecule has 138 valence electrons. The van der Waals surface area contributed by atoms with E-state index in [1.807, 2.05) is 42.5 Å². The Kier molecular flexibility index (Phi) is 5.91. The van der Waals surface area contributed by atoms with Crippen molar-refractivity contribution in [2.45, 2.75) is 38.1 Å². The second-order valence-corrected chi connectivity index (χ2v) is 6.66. The first-order valence-corrected chi connectivity index (χ1v) is 8.90. The van der Waals surface area contributed by atoms with E-state index in [-0.39, 0.29) is 23.9 Å². The molecule has 3 atom stereocenters. The third kappa shape index (κ3) is 4.23. The Morgan fingerprint density at radius 1 is 1.23 bits per heavy atom. The van der Waals surface area contributed by atoms with Gasteiger partial charge in [-0.05, 0) is 43.0 Å². The lowest BCUT2D eigenvalue weighted by molar-refractivity contribution is -0.162. The predicted molar refractivity (Wildman–Crippen MR) is 98.7 cm³/mol. The predicted octanol–water partition coefficient (Wildman–Crippen LogP) is 3.29. The van der Waals surface area contributed by atoms with E-state index in [1.165, 1.54) is 7.11 Å². The van der Waals surface area contributed by atoms with Crippen LogP contribution in [0.25, 0.3) is 0 Å². The van der Waals surface area contributed by atoms with Crippen LogP contribution in [-0.2, 0) is 20.7 Å². The van der Waals surface area contributed by atoms with Crippen molar-refractivity contribution in [2.24, 2.45) is 0 Å². The monoisotopic (exact) mass is 355 g/mol. The average molecular weight is 355 g/mol. The minimum absolute atomic E-state index is 0.142. The molecule has 1 heterocycles. The molecule has 0 radical (unpaired) electrons. The van der Waals surface area contributed by atoms with Crippen LogP contribution in [0, 0.1) is 0 Å². The van der Waals surface area contributed by atoms with Gasteiger partial charge in [0.1, 0.15) is 5.75 Å². The van der Waals surface area contributed by atoms with Gasteiger partial charge in [-0.1, -0.05) is 42.5 Å². The van der Waals surface area contributed by atoms with Crippen LogP contribution in [0.3, 0.4) is 0 Å². The Hall–Kier alpha value is -2.37. The Morgan fingerprint density at radius 3 is 2.58 bits per heavy atom. The number of esters is 1. The Morgan fingerprint density at radius 2 is 1.92 bits per heavy atom. The van der Waals surface area contributed by atoms with Crippen molar-refractivity contribution in [3.8, 4) is 5.75 Å². The molecular weight excluding hydrogens is 330 g/mol. The minimum atomic E-state index is -0.681. The third-order valence-electron chi connectivity index (χ3n) is 4.90. The van der Waals surface area contributed by atoms with E-state index in [2.05, 4.69) is 11.8 Å². The van der Waals surface area contributed by atoms with Crippen molar-refractivity contribution >= 4 is 5.97 Å². The molecule has 0 spiro atoms. The topological polar surface area (TPSA) is 59.0 Å². The first kappa shape index (κ1) is 18.4. The molecule has 0 aliphatic carbocycles. The summed E-state index contributed by atoms with van der Waals surface area (Å²) in [6.45, 7) is 2.76. The molecule has 1 fully saturated rings. The molecule has 1 saturated heterocycles. The maximum Gasteiger partial charge on any atom is 0.350 e. The number of carbonyl (C=O) groups is 1. The fraction of sp³-hybridized carbons (Fsp3) is 0.381. The van der Waals surface area contributed by atoms with Crippen LogP contribution in [0.5, 0.6) is 5.75 Å². The van der Waals surface area contributed by atoms with Gasteiger partial charge in [0.25, 0.3) is 0 Å². The van der Waals surface area contributed by atoms with Gasteiger partial charge in [0.2, 0.25) is 6.23 Å². The van der Waals surface area contributed by atoms with Gasteiger partial charge < -0.3 is 14.6 Å². The molecule has 1 unspecified atom stereocenters. The number of benzene rings is 2. The maximum absolute atomic E-state index is 12.2. The molecule has 3 rings (SSSR count). The molecule has 2 aromatic rings. The summed E-state index contributed by atoms with van der Waals surface area (Å²) in [5, 5.41) is 9.39. The van der Waals surface area contributed by atoms with Crippen molar-refractivity contribution in [2.75, 3.05) is 13.7 Å². The number of hydrogen-bond donors (Lipinski definition) is 1. The van der Waals surface area contributed by atoms with Crippen LogP contribution in [-0.4, -0.2) is 41.9 Å². The largest absolute Gasteiger partial charge is 0.508 e. The summed E-state index contributed by atoms with van der Waals surface area (Å²) in [7, 11) is 1.39. The van der Waals surface area contributed by atoms with Crippen LogP contribution in [0.15, 0.2) is 54.6 Å². The number of phenolic OH excluding ortho intramolecular Hbond substituents is 1. The molecule has 5 heteroatoms. The average Bonchev–Trinajstić information content (AvgIpc) is 3.13. The maximum atomic E-state index is 12.2. The highest BCUT2D eigenvalue weighted by atomic mass is 16.6. The van der Waals surface area contributed by atoms with E-state index in [0.29, 0.717) is 6.54 Å². The quantitative estimate of drug-likeness (QED) is 0.806. The number of carbonyl (C=O) groups excluding carboxylic acids is 1. The summed E-state index contributed by atoms with van der Waals surface area (Å²) in [6.07, 6.45) is 0.918. The Balaban J connectivity index is 1.68. The van der Waals surface area contributed by atoms with Crippen LogP contribution in [0.1, 0.15) is 30.6 Å². The van der Waals surface area contributed by atoms with E-state index in [0.717, 1.165) is 24.0 Å². The molecule has 1 N–H and O–H groups in total. The minimum Gasteiger partial charge on any atom is -0.508 e. The summed E-state index contributed by atoms with van der Waals surface area (Å²) in [5.74, 6) is -0.0916. The second kappa shape index (κ2) is 8.34. The van der Waals surface area contributed by atoms with Gasteiger partial charge in [-0.3, -0.25) is 4.90 Å². The molecule has 0 aromatic heterocycles. The van der Waals surface area contributed by atoms with Crippen molar-refractivity contribution < 1.29 is 19.4 Å². The molecule has 1 aliphatic rings. The van der Waals surface area contributed by atoms with E-state index >= 15 is 0 Å². The summed E-state index contributed by atoms with van der Waals surface area (Å²) in [6, 6.07) is 17.3. The van der Waals surface area contributed by atoms with E-state index in [9.17, 15) is 9.90 Å². The van der Waals surface area contributed by atoms with Gasteiger partial charge in [0, 0.05) is 12.6 Å². The zero-order chi connectivity index (χ0) is 18.5. The molecule has 1 aliphatic heterocycles. The standard InChI is InChI=1S/C21H25NO4/c1-15(8-9-16-10-12-18(23)13-11-16)22-14-19(17-6-4-3-5-7-17)26-20(22)21(24)25-2/h3-7,10-13,15,19-20,23H,8-9,14H2,1-2H3/t15-,19-,20?/m0/s1. The number of phenols is 1. The van der Waals surface area contributed by atoms with Gasteiger partial charge in [-0.25, -0.2) is 4.79 Å². The van der Waals surface area contributed by atoms with Crippen molar-refractivity contribution in [1.82, 2.24) is 4.90 Å². The van der Waals surface area contributed by atoms with E-state index in [4.69, 9.17) is 9.47 Å². The number of rotatable bonds is 6. The number of methoxy groups -OCH3 is 1. The number of hydrogen-bond acceptors (Lipinski definition) is 5. The summed E-state index contributed by atoms with van der Waals surface area (Å²) in [4.78, 5) is 14.3. The van der Waals surface area contributed by atoms with Gasteiger partial charge in [-0.15, -0.1) is 0 Å². The summed E-state index contributed by atoms with van der Waals surface area (Å²) < 4.78 is 11.0. The first-order valence-electron chi connectivity index (χ1n) is 8.90. The number of ether oxygens (including phenoxy) is 2. The molecule has 26 heavy (non-hydrogen) atoms. The van der Waals surface area contributed by atoms with Gasteiger partial charge in [-0.2, -0.15) is 0 Å². The van der Waals surface area contributed by atoms with Crippen molar-refractivity contribution in [1.29, 1.82) is 0 Å². The highest BCUT2D eigenvalue weighted by Crippen LogP contribution is 2.31. The van der Waals surface area contributed by atoms with Gasteiger partial charge in [0.05, 0.1) is 13.2 Å². The number of aryl methyl sites for hydroxylation is 1. The SMILES string of the molecule is COC(=O)C1O[C@H](c2ccccc2)CN1[C@@H](C)CCc1ccc(O)cc1. The smallest absolute Gasteiger partial charge is 0.350 e. The lowest BCUT2D eigenvalue weighted by Gasteiger charge is -2.27. The molecule has 2 aromatic carbocycles. The van der Waals surface area contributed by atoms with E-state index < -0.39 is 6.23 Å². The molecule has 0 bridgehead atoms. The highest BCUT2D eigenvalue weighted by molar-refractivity contribution is 5.74. The molecular formula is C21H25NO4. The third-order valence-corrected chi connectivity index (χ3v) is 4.90. The normalized spacial score (nSPS) is 21.5. The zero-order valence-corrected chi connectivity index (χ0v) is 15.2. The van der Waals surface area contributed by atoms with Crippen LogP contribution < -0.4 is 0 Å². The molecule has 0 amide bonds. The van der Waals surface area contributed by atoms with Crippen LogP contribution in [0.2, 0.25) is 0 Å². The summed E-state index contributed by atoms with van der Waals surface area (Å²) in [5.41, 5.74) is 2.22. The molecule has 0 saturated carbocycles. The number of nitrogens with zero attached hydrogens (tertiary/aromatic N) is 1. The van der Waals surface area contributed by atoms with Gasteiger partial charge in [0.15, 0.2) is 0 Å². The van der Waals surface area contributed by atoms with Gasteiger partial charge >= 0.3 is 5.97 Å². The van der Waals surface area contributed by atoms with Crippen molar-refractivity contribution in [3.05, 3.63) is 65.7 Å². The lowest BCUT2D eigenvalue weighted by Crippen LogP contribution is -2.43. The fourth-order valence-electron chi connectivity index (χ4n) is 3.32. The van der Waals surface area contributed by atoms with Crippen LogP contribution >= 0.6 is 0 Å². The summed E-state index contributed by atoms with van der Waals surface area (Å²) >= 11 is 0. The zero-order valence-electron chi connectivity index (χ0n) is 15.2. The van der Waals surface area contributed by atoms with Crippen molar-refractivity contribution in [3.63, 3.8) is 0 Å². The van der Waals surface area contributed by atoms with Crippen LogP contribution in [0.4, 0.5) is 0 Å². The Bertz CT molecular complexity index is 717. The first-order chi connectivity index (χ1) is 12.6. The fourth-order valence-corrected chi connectivity index (χ4v) is 3.32. The highest BCUT2D eigenvalue weighted by Gasteiger charge is 2.41. The lowest BCUT2D eigenvalue weighted by atomic mass is 10.0. The second-order valence-electron chi connectivity index (χ2n) is 6.66. The molecule has 5 nitrogen and oxygen atoms in total. The Labute approximate surface area is 154 Å². The van der Waals surface area contributed by atoms with E-state index in [1.54, 1.807) is 12.1 Å². The number of aromatic hydroxyl groups is 1.